The second-order valence-corrected chi connectivity index (χ2v) is 7.74. The van der Waals surface area contributed by atoms with Crippen molar-refractivity contribution in [1.29, 1.82) is 0 Å². The van der Waals surface area contributed by atoms with E-state index < -0.39 is 23.9 Å². The first-order chi connectivity index (χ1) is 25.4. The number of carbonyl (C=O) groups is 4. The van der Waals surface area contributed by atoms with Crippen LogP contribution in [0.1, 0.15) is 104 Å². The first-order valence-corrected chi connectivity index (χ1v) is 14.1. The maximum atomic E-state index is 11.1. The average molecular weight is 815 g/mol. The van der Waals surface area contributed by atoms with Crippen LogP contribution in [0.15, 0.2) is 78.7 Å². The van der Waals surface area contributed by atoms with Crippen molar-refractivity contribution < 1.29 is 94.2 Å². The van der Waals surface area contributed by atoms with E-state index in [-0.39, 0.29) is 77.4 Å². The van der Waals surface area contributed by atoms with E-state index in [4.69, 9.17) is 60.8 Å². The Kier molecular flexibility index (Phi) is 57.6. The molecule has 0 amide bonds. The lowest BCUT2D eigenvalue weighted by atomic mass is 10.3. The highest BCUT2D eigenvalue weighted by Gasteiger charge is 2.11. The molecule has 4 aromatic heterocycles. The van der Waals surface area contributed by atoms with Crippen LogP contribution in [0.2, 0.25) is 0 Å². The molecule has 4 aromatic rings. The maximum absolute atomic E-state index is 11.1. The number of hydrogen-bond donors (Lipinski definition) is 0. The summed E-state index contributed by atoms with van der Waals surface area (Å²) in [7, 11) is 2.63. The number of furan rings is 4. The minimum absolute atomic E-state index is 0. The molecule has 0 radical (unpaired) electrons. The molecule has 4 heterocycles. The predicted molar refractivity (Wildman–Crippen MR) is 190 cm³/mol. The molecular weight excluding hydrogens is 764 g/mol. The van der Waals surface area contributed by atoms with Gasteiger partial charge in [-0.15, -0.1) is 0 Å². The zero-order chi connectivity index (χ0) is 41.5. The lowest BCUT2D eigenvalue weighted by Gasteiger charge is -1.96. The highest BCUT2D eigenvalue weighted by Crippen LogP contribution is 2.09. The molecule has 4 rings (SSSR count). The van der Waals surface area contributed by atoms with Crippen molar-refractivity contribution in [2.24, 2.45) is 0 Å². The van der Waals surface area contributed by atoms with Crippen molar-refractivity contribution in [2.75, 3.05) is 27.4 Å². The number of esters is 4. The Morgan fingerprint density at radius 3 is 1.12 bits per heavy atom. The summed E-state index contributed by atoms with van der Waals surface area (Å²) in [4.78, 5) is 108. The second kappa shape index (κ2) is 48.5. The lowest BCUT2D eigenvalue weighted by molar-refractivity contribution is -0.193. The van der Waals surface area contributed by atoms with Gasteiger partial charge >= 0.3 is 48.5 Å². The first kappa shape index (κ1) is 67.6. The Hall–Kier alpha value is -7.48. The van der Waals surface area contributed by atoms with Gasteiger partial charge in [-0.25, -0.2) is 19.2 Å². The van der Waals surface area contributed by atoms with Gasteiger partial charge < -0.3 is 36.6 Å². The lowest BCUT2D eigenvalue weighted by Crippen LogP contribution is -2.02. The fraction of sp³-hybridized carbons (Fsp3) is 0.351. The average Bonchev–Trinajstić information content (AvgIpc) is 3.99. The SMILES string of the molecule is C.C.C.C.CCOC(=O)c1ccc(CC)o1.CCOC(=O)c1ccco1.COC(=O)c1ccc(C)o1.COC(=O)c1ccco1.O=C=O.O=C=O.O=C=O.O=C=O. The summed E-state index contributed by atoms with van der Waals surface area (Å²) in [6, 6.07) is 13.1. The summed E-state index contributed by atoms with van der Waals surface area (Å²) < 4.78 is 37.8. The Balaban J connectivity index is -0.0000000839. The van der Waals surface area contributed by atoms with Crippen LogP contribution < -0.4 is 0 Å². The Morgan fingerprint density at radius 2 is 0.842 bits per heavy atom. The molecule has 0 saturated carbocycles. The van der Waals surface area contributed by atoms with E-state index >= 15 is 0 Å². The zero-order valence-electron chi connectivity index (χ0n) is 29.1. The molecule has 318 valence electrons. The minimum Gasteiger partial charge on any atom is -0.463 e. The molecule has 20 heteroatoms. The van der Waals surface area contributed by atoms with E-state index in [1.807, 2.05) is 6.92 Å². The minimum atomic E-state index is -0.444. The summed E-state index contributed by atoms with van der Waals surface area (Å²) in [6.45, 7) is 8.00. The van der Waals surface area contributed by atoms with Gasteiger partial charge in [0.15, 0.2) is 0 Å². The third-order valence-electron chi connectivity index (χ3n) is 4.52. The van der Waals surface area contributed by atoms with Gasteiger partial charge in [-0.2, -0.15) is 38.4 Å². The van der Waals surface area contributed by atoms with Crippen LogP contribution >= 0.6 is 0 Å². The fourth-order valence-electron chi connectivity index (χ4n) is 2.62. The van der Waals surface area contributed by atoms with Crippen LogP contribution in [-0.2, 0) is 63.7 Å². The fourth-order valence-corrected chi connectivity index (χ4v) is 2.62. The Labute approximate surface area is 329 Å². The van der Waals surface area contributed by atoms with Crippen molar-refractivity contribution >= 4 is 48.5 Å². The highest BCUT2D eigenvalue weighted by atomic mass is 16.6. The number of carbonyl (C=O) groups excluding carboxylic acids is 12. The van der Waals surface area contributed by atoms with E-state index in [1.165, 1.54) is 26.7 Å². The summed E-state index contributed by atoms with van der Waals surface area (Å²) >= 11 is 0. The molecule has 20 nitrogen and oxygen atoms in total. The zero-order valence-corrected chi connectivity index (χ0v) is 29.1. The van der Waals surface area contributed by atoms with E-state index in [0.717, 1.165) is 12.2 Å². The third kappa shape index (κ3) is 38.1. The normalized spacial score (nSPS) is 7.33. The molecule has 0 bridgehead atoms. The van der Waals surface area contributed by atoms with Crippen LogP contribution in [0.4, 0.5) is 0 Å². The molecule has 0 atom stereocenters. The van der Waals surface area contributed by atoms with Crippen molar-refractivity contribution in [1.82, 2.24) is 0 Å². The molecule has 57 heavy (non-hydrogen) atoms. The number of ether oxygens (including phenoxy) is 4. The van der Waals surface area contributed by atoms with Gasteiger partial charge in [-0.1, -0.05) is 36.6 Å². The molecule has 0 saturated heterocycles. The van der Waals surface area contributed by atoms with Gasteiger partial charge in [0.2, 0.25) is 23.0 Å². The number of rotatable bonds is 7. The van der Waals surface area contributed by atoms with E-state index in [0.29, 0.717) is 19.0 Å². The number of aryl methyl sites for hydroxylation is 2. The molecular formula is C37H50O20. The highest BCUT2D eigenvalue weighted by molar-refractivity contribution is 5.87. The van der Waals surface area contributed by atoms with Gasteiger partial charge in [0.05, 0.1) is 40.0 Å². The van der Waals surface area contributed by atoms with Gasteiger partial charge in [0.1, 0.15) is 11.5 Å². The van der Waals surface area contributed by atoms with Crippen LogP contribution in [-0.4, -0.2) is 75.9 Å². The van der Waals surface area contributed by atoms with Crippen molar-refractivity contribution in [3.05, 3.63) is 95.6 Å². The van der Waals surface area contributed by atoms with Gasteiger partial charge in [0.25, 0.3) is 0 Å². The molecule has 0 unspecified atom stereocenters. The molecule has 0 spiro atoms. The van der Waals surface area contributed by atoms with Crippen molar-refractivity contribution in [3.63, 3.8) is 0 Å². The van der Waals surface area contributed by atoms with E-state index in [9.17, 15) is 19.2 Å². The Bertz CT molecular complexity index is 1620. The summed E-state index contributed by atoms with van der Waals surface area (Å²) in [5.74, 6) is 0.851. The molecule has 0 fully saturated rings. The quantitative estimate of drug-likeness (QED) is 0.150. The largest absolute Gasteiger partial charge is 0.463 e. The smallest absolute Gasteiger partial charge is 0.374 e. The molecule has 0 aliphatic carbocycles. The number of hydrogen-bond acceptors (Lipinski definition) is 20. The second-order valence-electron chi connectivity index (χ2n) is 7.74. The summed E-state index contributed by atoms with van der Waals surface area (Å²) in [5, 5.41) is 0. The van der Waals surface area contributed by atoms with Gasteiger partial charge in [-0.3, -0.25) is 0 Å². The van der Waals surface area contributed by atoms with Crippen LogP contribution in [0.3, 0.4) is 0 Å². The first-order valence-electron chi connectivity index (χ1n) is 14.1. The van der Waals surface area contributed by atoms with Crippen molar-refractivity contribution in [2.45, 2.75) is 63.8 Å². The maximum Gasteiger partial charge on any atom is 0.374 e. The summed E-state index contributed by atoms with van der Waals surface area (Å²) in [6.07, 6.45) is 4.65. The Morgan fingerprint density at radius 1 is 0.509 bits per heavy atom. The van der Waals surface area contributed by atoms with Crippen LogP contribution in [0, 0.1) is 6.92 Å². The van der Waals surface area contributed by atoms with Crippen LogP contribution in [0.25, 0.3) is 0 Å². The topological polar surface area (TPSA) is 294 Å². The van der Waals surface area contributed by atoms with E-state index in [2.05, 4.69) is 14.2 Å². The standard InChI is InChI=1S/C9H12O3.2C7H8O3.C6H6O3.4CO2.4CH4/c1-3-7-5-6-8(12-7)9(10)11-4-2;1-5-3-4-6(10-5)7(8)9-2;1-2-9-7(8)6-4-3-5-10-6;1-8-6(7)5-3-2-4-9-5;4*2-1-3;;;;/h5-6H,3-4H2,1-2H3;3-4H,1-2H3;3-5H,2H2,1H3;2-4H,1H3;;;;;4*1H4. The molecule has 0 aliphatic rings. The van der Waals surface area contributed by atoms with Gasteiger partial charge in [-0.05, 0) is 69.3 Å². The molecule has 0 aliphatic heterocycles. The van der Waals surface area contributed by atoms with Crippen molar-refractivity contribution in [3.8, 4) is 0 Å². The van der Waals surface area contributed by atoms with Gasteiger partial charge in [0, 0.05) is 6.42 Å². The van der Waals surface area contributed by atoms with Crippen LogP contribution in [0.5, 0.6) is 0 Å². The summed E-state index contributed by atoms with van der Waals surface area (Å²) in [5.41, 5.74) is 0. The number of methoxy groups -OCH3 is 2. The predicted octanol–water partition coefficient (Wildman–Crippen LogP) is 6.13. The third-order valence-corrected chi connectivity index (χ3v) is 4.52. The molecule has 0 N–H and O–H groups in total. The molecule has 0 aromatic carbocycles. The van der Waals surface area contributed by atoms with E-state index in [1.54, 1.807) is 69.3 Å². The monoisotopic (exact) mass is 814 g/mol.